The van der Waals surface area contributed by atoms with Crippen molar-refractivity contribution in [3.05, 3.63) is 137 Å². The van der Waals surface area contributed by atoms with E-state index in [2.05, 4.69) is 56.9 Å². The van der Waals surface area contributed by atoms with Gasteiger partial charge in [0.05, 0.1) is 34.6 Å². The Balaban J connectivity index is 0.819. The van der Waals surface area contributed by atoms with Gasteiger partial charge in [-0.05, 0) is 79.3 Å². The Morgan fingerprint density at radius 1 is 0.769 bits per heavy atom. The van der Waals surface area contributed by atoms with Crippen LogP contribution in [0.4, 0.5) is 5.69 Å². The molecule has 4 heterocycles. The van der Waals surface area contributed by atoms with E-state index in [0.29, 0.717) is 56.5 Å². The van der Waals surface area contributed by atoms with Crippen molar-refractivity contribution >= 4 is 46.3 Å². The number of fused-ring (bicyclic) bond motifs is 2. The number of carbonyl (C=O) groups is 5. The molecular weight excluding hydrogens is 821 g/mol. The second-order valence-electron chi connectivity index (χ2n) is 17.2. The number of aromatic nitrogens is 3. The quantitative estimate of drug-likeness (QED) is 0.0546. The molecule has 1 saturated carbocycles. The maximum atomic E-state index is 13.4. The second-order valence-corrected chi connectivity index (χ2v) is 17.2. The fourth-order valence-corrected chi connectivity index (χ4v) is 9.52. The van der Waals surface area contributed by atoms with Crippen LogP contribution in [0, 0.1) is 5.41 Å². The van der Waals surface area contributed by atoms with Crippen LogP contribution in [0.3, 0.4) is 0 Å². The number of nitrogens with one attached hydrogen (secondary N) is 4. The molecule has 4 aromatic carbocycles. The second kappa shape index (κ2) is 18.9. The van der Waals surface area contributed by atoms with Crippen molar-refractivity contribution in [3.8, 4) is 22.4 Å². The molecule has 0 spiro atoms. The summed E-state index contributed by atoms with van der Waals surface area (Å²) in [7, 11) is 0. The number of unbranched alkanes of at least 4 members (excludes halogenated alkanes) is 2. The number of piperidine rings is 1. The van der Waals surface area contributed by atoms with Gasteiger partial charge in [0.25, 0.3) is 11.8 Å². The third-order valence-corrected chi connectivity index (χ3v) is 12.9. The predicted octanol–water partition coefficient (Wildman–Crippen LogP) is 6.87. The minimum Gasteiger partial charge on any atom is -0.393 e. The molecule has 2 aromatic heterocycles. The number of imide groups is 2. The number of aliphatic hydroxyl groups excluding tert-OH is 1. The van der Waals surface area contributed by atoms with Gasteiger partial charge in [0.15, 0.2) is 0 Å². The Labute approximate surface area is 376 Å². The summed E-state index contributed by atoms with van der Waals surface area (Å²) in [6.45, 7) is 1.43. The molecule has 65 heavy (non-hydrogen) atoms. The Morgan fingerprint density at radius 2 is 1.48 bits per heavy atom. The fraction of sp³-hybridized carbons (Fsp3) is 0.314. The summed E-state index contributed by atoms with van der Waals surface area (Å²) < 4.78 is 4.21. The number of aliphatic hydroxyl groups is 1. The molecule has 1 saturated heterocycles. The molecule has 14 heteroatoms. The molecule has 5 N–H and O–H groups in total. The van der Waals surface area contributed by atoms with E-state index in [-0.39, 0.29) is 42.0 Å². The van der Waals surface area contributed by atoms with Gasteiger partial charge in [-0.25, -0.2) is 4.98 Å². The lowest BCUT2D eigenvalue weighted by Crippen LogP contribution is -2.54. The van der Waals surface area contributed by atoms with E-state index < -0.39 is 29.7 Å². The number of nitrogens with zero attached hydrogens (tertiary/aromatic N) is 4. The van der Waals surface area contributed by atoms with E-state index in [1.165, 1.54) is 0 Å². The number of hydrogen-bond acceptors (Lipinski definition) is 9. The summed E-state index contributed by atoms with van der Waals surface area (Å²) in [6.07, 6.45) is 7.24. The van der Waals surface area contributed by atoms with Gasteiger partial charge in [0.1, 0.15) is 17.2 Å². The third-order valence-electron chi connectivity index (χ3n) is 12.9. The maximum absolute atomic E-state index is 13.4. The summed E-state index contributed by atoms with van der Waals surface area (Å²) in [5.41, 5.74) is 8.15. The molecule has 0 radical (unpaired) electrons. The first-order chi connectivity index (χ1) is 31.7. The number of benzene rings is 4. The summed E-state index contributed by atoms with van der Waals surface area (Å²) in [5.74, 6) is -2.20. The molecule has 332 valence electrons. The summed E-state index contributed by atoms with van der Waals surface area (Å²) >= 11 is 0. The van der Waals surface area contributed by atoms with E-state index in [4.69, 9.17) is 4.98 Å². The average molecular weight is 873 g/mol. The van der Waals surface area contributed by atoms with Crippen molar-refractivity contribution in [3.63, 3.8) is 0 Å². The smallest absolute Gasteiger partial charge is 0.264 e. The van der Waals surface area contributed by atoms with Gasteiger partial charge in [-0.2, -0.15) is 0 Å². The van der Waals surface area contributed by atoms with E-state index in [1.807, 2.05) is 53.1 Å². The highest BCUT2D eigenvalue weighted by Crippen LogP contribution is 2.40. The molecule has 5 amide bonds. The van der Waals surface area contributed by atoms with Crippen LogP contribution in [0.25, 0.3) is 33.4 Å². The highest BCUT2D eigenvalue weighted by molar-refractivity contribution is 6.25. The van der Waals surface area contributed by atoms with Crippen LogP contribution in [0.5, 0.6) is 0 Å². The van der Waals surface area contributed by atoms with E-state index in [9.17, 15) is 34.5 Å². The Kier molecular flexibility index (Phi) is 12.5. The molecule has 1 aliphatic carbocycles. The van der Waals surface area contributed by atoms with Crippen LogP contribution in [0.1, 0.15) is 102 Å². The van der Waals surface area contributed by atoms with Crippen molar-refractivity contribution in [2.75, 3.05) is 11.9 Å². The van der Waals surface area contributed by atoms with Crippen molar-refractivity contribution in [1.82, 2.24) is 29.7 Å². The molecule has 1 unspecified atom stereocenters. The third kappa shape index (κ3) is 8.86. The van der Waals surface area contributed by atoms with Crippen LogP contribution in [-0.2, 0) is 27.5 Å². The average Bonchev–Trinajstić information content (AvgIpc) is 3.79. The Morgan fingerprint density at radius 3 is 2.20 bits per heavy atom. The number of rotatable bonds is 15. The van der Waals surface area contributed by atoms with Crippen LogP contribution >= 0.6 is 0 Å². The van der Waals surface area contributed by atoms with Gasteiger partial charge >= 0.3 is 0 Å². The van der Waals surface area contributed by atoms with Crippen LogP contribution < -0.4 is 21.4 Å². The topological polar surface area (TPSA) is 192 Å². The minimum absolute atomic E-state index is 0.0424. The molecule has 1 atom stereocenters. The van der Waals surface area contributed by atoms with Gasteiger partial charge in [-0.15, -0.1) is 0 Å². The zero-order valence-electron chi connectivity index (χ0n) is 36.1. The van der Waals surface area contributed by atoms with Crippen molar-refractivity contribution in [2.24, 2.45) is 0 Å². The summed E-state index contributed by atoms with van der Waals surface area (Å²) in [4.78, 5) is 69.5. The van der Waals surface area contributed by atoms with Gasteiger partial charge in [-0.3, -0.25) is 39.6 Å². The minimum atomic E-state index is -1.02. The first kappa shape index (κ1) is 43.1. The lowest BCUT2D eigenvalue weighted by molar-refractivity contribution is -0.136. The fourth-order valence-electron chi connectivity index (χ4n) is 9.52. The molecule has 2 fully saturated rings. The number of hydrogen-bond donors (Lipinski definition) is 5. The summed E-state index contributed by atoms with van der Waals surface area (Å²) in [6, 6.07) is 32.8. The molecule has 9 rings (SSSR count). The van der Waals surface area contributed by atoms with Gasteiger partial charge in [0, 0.05) is 49.8 Å². The lowest BCUT2D eigenvalue weighted by Gasteiger charge is -2.27. The maximum Gasteiger partial charge on any atom is 0.264 e. The highest BCUT2D eigenvalue weighted by atomic mass is 16.3. The van der Waals surface area contributed by atoms with Gasteiger partial charge in [0.2, 0.25) is 17.7 Å². The highest BCUT2D eigenvalue weighted by Gasteiger charge is 2.45. The van der Waals surface area contributed by atoms with Crippen LogP contribution in [-0.4, -0.2) is 72.4 Å². The normalized spacial score (nSPS) is 18.5. The molecule has 3 aliphatic rings. The zero-order chi connectivity index (χ0) is 45.0. The van der Waals surface area contributed by atoms with Crippen molar-refractivity contribution in [1.29, 1.82) is 5.41 Å². The lowest BCUT2D eigenvalue weighted by atomic mass is 9.93. The Hall–Kier alpha value is -7.19. The van der Waals surface area contributed by atoms with E-state index >= 15 is 0 Å². The predicted molar refractivity (Wildman–Crippen MR) is 245 cm³/mol. The largest absolute Gasteiger partial charge is 0.393 e. The molecule has 0 bridgehead atoms. The van der Waals surface area contributed by atoms with Crippen molar-refractivity contribution in [2.45, 2.75) is 95.5 Å². The first-order valence-electron chi connectivity index (χ1n) is 22.6. The van der Waals surface area contributed by atoms with E-state index in [0.717, 1.165) is 75.1 Å². The number of amides is 5. The Bertz CT molecular complexity index is 2830. The van der Waals surface area contributed by atoms with Crippen molar-refractivity contribution < 1.29 is 29.1 Å². The molecule has 2 aliphatic heterocycles. The first-order valence-corrected chi connectivity index (χ1v) is 22.6. The zero-order valence-corrected chi connectivity index (χ0v) is 36.1. The SMILES string of the molecule is N=c1c2c(-c3ccccc3)c(-c3ccccc3)n(Cc3ccc(CNC(=O)CCCCCNc4cccc5c4C(=O)N(C4CCC(=O)NC4=O)C5=O)cc3)c2ncn1[C@H]1CC[C@H](O)CC1. The summed E-state index contributed by atoms with van der Waals surface area (Å²) in [5, 5.41) is 29.2. The van der Waals surface area contributed by atoms with Gasteiger partial charge < -0.3 is 24.9 Å². The van der Waals surface area contributed by atoms with Crippen LogP contribution in [0.15, 0.2) is 109 Å². The molecule has 6 aromatic rings. The van der Waals surface area contributed by atoms with Crippen LogP contribution in [0.2, 0.25) is 0 Å². The standard InChI is InChI=1S/C51H52N8O6/c52-47-45-43(34-11-4-1-5-12-34)46(35-13-6-2-7-14-35)57(48(45)55-31-58(47)36-22-24-37(60)25-23-36)30-33-20-18-32(19-21-33)29-54-41(61)17-8-3-9-28-53-39-16-10-15-38-44(39)51(65)59(50(38)64)40-26-27-42(62)56-49(40)63/h1-2,4-7,10-16,18-21,31,36-37,40,52-53,60H,3,8-9,17,22-30H2,(H,54,61)(H,56,62,63)/t36-,37-,40?. The number of carbonyl (C=O) groups excluding carboxylic acids is 5. The monoisotopic (exact) mass is 872 g/mol. The molecular formula is C51H52N8O6. The number of anilines is 1. The van der Waals surface area contributed by atoms with E-state index in [1.54, 1.807) is 24.5 Å². The molecule has 14 nitrogen and oxygen atoms in total. The van der Waals surface area contributed by atoms with Gasteiger partial charge in [-0.1, -0.05) is 97.4 Å².